The minimum Gasteiger partial charge on any atom is -0.342 e. The van der Waals surface area contributed by atoms with Crippen LogP contribution in [0.4, 0.5) is 0 Å². The molecule has 0 saturated carbocycles. The Bertz CT molecular complexity index is 583. The van der Waals surface area contributed by atoms with E-state index in [1.54, 1.807) is 13.8 Å². The fourth-order valence-electron chi connectivity index (χ4n) is 2.87. The number of hydrogen-bond donors (Lipinski definition) is 2. The van der Waals surface area contributed by atoms with E-state index in [1.165, 1.54) is 0 Å². The Labute approximate surface area is 148 Å². The van der Waals surface area contributed by atoms with Crippen molar-refractivity contribution < 1.29 is 9.59 Å². The average Bonchev–Trinajstić information content (AvgIpc) is 2.54. The minimum atomic E-state index is -0.871. The van der Waals surface area contributed by atoms with Crippen LogP contribution in [0.5, 0.6) is 0 Å². The number of nitrogens with one attached hydrogen (secondary N) is 2. The smallest absolute Gasteiger partial charge is 0.247 e. The first-order chi connectivity index (χ1) is 11.4. The molecular weight excluding hydrogens is 326 g/mol. The monoisotopic (exact) mass is 351 g/mol. The third-order valence-electron chi connectivity index (χ3n) is 4.15. The standard InChI is InChI=1S/C18H26ClN3O2/c1-18(2,17(24)22-11-9-20-10-12-22)21-16(23)8-4-6-14-5-3-7-15(19)13-14/h3,5,7,13,20H,4,6,8-12H2,1-2H3,(H,21,23). The molecule has 1 saturated heterocycles. The summed E-state index contributed by atoms with van der Waals surface area (Å²) >= 11 is 5.96. The third kappa shape index (κ3) is 5.49. The molecule has 2 rings (SSSR count). The molecule has 1 aliphatic heterocycles. The molecule has 24 heavy (non-hydrogen) atoms. The lowest BCUT2D eigenvalue weighted by Crippen LogP contribution is -2.59. The first kappa shape index (κ1) is 18.7. The highest BCUT2D eigenvalue weighted by Gasteiger charge is 2.33. The number of halogens is 1. The molecule has 1 heterocycles. The van der Waals surface area contributed by atoms with Crippen LogP contribution in [0, 0.1) is 0 Å². The second kappa shape index (κ2) is 8.49. The summed E-state index contributed by atoms with van der Waals surface area (Å²) in [6.07, 6.45) is 1.91. The molecule has 0 radical (unpaired) electrons. The molecule has 132 valence electrons. The molecule has 1 fully saturated rings. The van der Waals surface area contributed by atoms with Gasteiger partial charge in [0, 0.05) is 37.6 Å². The second-order valence-electron chi connectivity index (χ2n) is 6.70. The van der Waals surface area contributed by atoms with Crippen molar-refractivity contribution >= 4 is 23.4 Å². The summed E-state index contributed by atoms with van der Waals surface area (Å²) in [5.41, 5.74) is 0.247. The minimum absolute atomic E-state index is 0.0211. The van der Waals surface area contributed by atoms with Crippen molar-refractivity contribution in [1.82, 2.24) is 15.5 Å². The SMILES string of the molecule is CC(C)(NC(=O)CCCc1cccc(Cl)c1)C(=O)N1CCNCC1. The number of nitrogens with zero attached hydrogens (tertiary/aromatic N) is 1. The summed E-state index contributed by atoms with van der Waals surface area (Å²) in [4.78, 5) is 26.5. The zero-order valence-corrected chi connectivity index (χ0v) is 15.2. The van der Waals surface area contributed by atoms with Gasteiger partial charge >= 0.3 is 0 Å². The van der Waals surface area contributed by atoms with Gasteiger partial charge in [0.05, 0.1) is 0 Å². The van der Waals surface area contributed by atoms with E-state index in [4.69, 9.17) is 11.6 Å². The number of rotatable bonds is 6. The van der Waals surface area contributed by atoms with E-state index in [9.17, 15) is 9.59 Å². The first-order valence-electron chi connectivity index (χ1n) is 8.44. The Morgan fingerprint density at radius 1 is 1.29 bits per heavy atom. The maximum Gasteiger partial charge on any atom is 0.247 e. The van der Waals surface area contributed by atoms with Crippen LogP contribution in [0.3, 0.4) is 0 Å². The van der Waals surface area contributed by atoms with Crippen molar-refractivity contribution in [2.24, 2.45) is 0 Å². The molecule has 2 N–H and O–H groups in total. The van der Waals surface area contributed by atoms with Crippen molar-refractivity contribution in [2.75, 3.05) is 26.2 Å². The molecule has 0 bridgehead atoms. The number of benzene rings is 1. The van der Waals surface area contributed by atoms with Gasteiger partial charge in [-0.05, 0) is 44.4 Å². The Morgan fingerprint density at radius 3 is 2.67 bits per heavy atom. The van der Waals surface area contributed by atoms with Crippen LogP contribution in [-0.4, -0.2) is 48.4 Å². The van der Waals surface area contributed by atoms with E-state index in [-0.39, 0.29) is 11.8 Å². The topological polar surface area (TPSA) is 61.4 Å². The van der Waals surface area contributed by atoms with Crippen LogP contribution in [-0.2, 0) is 16.0 Å². The number of carbonyl (C=O) groups is 2. The highest BCUT2D eigenvalue weighted by molar-refractivity contribution is 6.30. The fourth-order valence-corrected chi connectivity index (χ4v) is 3.09. The van der Waals surface area contributed by atoms with Gasteiger partial charge in [0.15, 0.2) is 0 Å². The molecular formula is C18H26ClN3O2. The van der Waals surface area contributed by atoms with Gasteiger partial charge in [-0.3, -0.25) is 9.59 Å². The fraction of sp³-hybridized carbons (Fsp3) is 0.556. The Hall–Kier alpha value is -1.59. The zero-order chi connectivity index (χ0) is 17.6. The number of hydrogen-bond acceptors (Lipinski definition) is 3. The molecule has 5 nitrogen and oxygen atoms in total. The maximum atomic E-state index is 12.6. The van der Waals surface area contributed by atoms with Crippen molar-refractivity contribution in [3.63, 3.8) is 0 Å². The predicted molar refractivity (Wildman–Crippen MR) is 96.1 cm³/mol. The Kier molecular flexibility index (Phi) is 6.63. The van der Waals surface area contributed by atoms with Gasteiger partial charge in [-0.25, -0.2) is 0 Å². The highest BCUT2D eigenvalue weighted by atomic mass is 35.5. The summed E-state index contributed by atoms with van der Waals surface area (Å²) in [7, 11) is 0. The normalized spacial score (nSPS) is 15.2. The van der Waals surface area contributed by atoms with Crippen LogP contribution in [0.1, 0.15) is 32.3 Å². The van der Waals surface area contributed by atoms with Crippen LogP contribution < -0.4 is 10.6 Å². The van der Waals surface area contributed by atoms with Gasteiger partial charge in [-0.1, -0.05) is 23.7 Å². The predicted octanol–water partition coefficient (Wildman–Crippen LogP) is 1.99. The van der Waals surface area contributed by atoms with Crippen molar-refractivity contribution in [3.8, 4) is 0 Å². The summed E-state index contributed by atoms with van der Waals surface area (Å²) in [6, 6.07) is 7.66. The third-order valence-corrected chi connectivity index (χ3v) is 4.38. The van der Waals surface area contributed by atoms with Gasteiger partial charge in [0.25, 0.3) is 0 Å². The largest absolute Gasteiger partial charge is 0.342 e. The van der Waals surface area contributed by atoms with E-state index in [0.29, 0.717) is 24.5 Å². The second-order valence-corrected chi connectivity index (χ2v) is 7.14. The molecule has 1 aliphatic rings. The quantitative estimate of drug-likeness (QED) is 0.824. The summed E-state index contributed by atoms with van der Waals surface area (Å²) < 4.78 is 0. The molecule has 0 spiro atoms. The van der Waals surface area contributed by atoms with Gasteiger partial charge in [-0.15, -0.1) is 0 Å². The number of amides is 2. The van der Waals surface area contributed by atoms with E-state index >= 15 is 0 Å². The van der Waals surface area contributed by atoms with Crippen LogP contribution in [0.2, 0.25) is 5.02 Å². The van der Waals surface area contributed by atoms with E-state index in [0.717, 1.165) is 31.5 Å². The summed E-state index contributed by atoms with van der Waals surface area (Å²) in [5, 5.41) is 6.80. The molecule has 0 aromatic heterocycles. The van der Waals surface area contributed by atoms with Crippen LogP contribution >= 0.6 is 11.6 Å². The van der Waals surface area contributed by atoms with E-state index in [2.05, 4.69) is 10.6 Å². The number of carbonyl (C=O) groups excluding carboxylic acids is 2. The average molecular weight is 352 g/mol. The Morgan fingerprint density at radius 2 is 2.00 bits per heavy atom. The molecule has 1 aromatic carbocycles. The molecule has 2 amide bonds. The lowest BCUT2D eigenvalue weighted by Gasteiger charge is -2.35. The summed E-state index contributed by atoms with van der Waals surface area (Å²) in [5.74, 6) is -0.113. The lowest BCUT2D eigenvalue weighted by atomic mass is 10.0. The van der Waals surface area contributed by atoms with Gasteiger partial charge in [0.2, 0.25) is 11.8 Å². The Balaban J connectivity index is 1.78. The number of piperazine rings is 1. The van der Waals surface area contributed by atoms with Crippen molar-refractivity contribution in [1.29, 1.82) is 0 Å². The van der Waals surface area contributed by atoms with E-state index in [1.807, 2.05) is 29.2 Å². The highest BCUT2D eigenvalue weighted by Crippen LogP contribution is 2.14. The molecule has 0 aliphatic carbocycles. The lowest BCUT2D eigenvalue weighted by molar-refractivity contribution is -0.141. The van der Waals surface area contributed by atoms with Crippen LogP contribution in [0.15, 0.2) is 24.3 Å². The van der Waals surface area contributed by atoms with Gasteiger partial charge < -0.3 is 15.5 Å². The first-order valence-corrected chi connectivity index (χ1v) is 8.82. The van der Waals surface area contributed by atoms with E-state index < -0.39 is 5.54 Å². The van der Waals surface area contributed by atoms with Crippen molar-refractivity contribution in [2.45, 2.75) is 38.6 Å². The van der Waals surface area contributed by atoms with Gasteiger partial charge in [-0.2, -0.15) is 0 Å². The number of aryl methyl sites for hydroxylation is 1. The van der Waals surface area contributed by atoms with Crippen molar-refractivity contribution in [3.05, 3.63) is 34.9 Å². The zero-order valence-electron chi connectivity index (χ0n) is 14.4. The molecule has 1 aromatic rings. The molecule has 0 unspecified atom stereocenters. The summed E-state index contributed by atoms with van der Waals surface area (Å²) in [6.45, 7) is 6.52. The van der Waals surface area contributed by atoms with Crippen LogP contribution in [0.25, 0.3) is 0 Å². The maximum absolute atomic E-state index is 12.6. The molecule has 6 heteroatoms. The molecule has 0 atom stereocenters. The van der Waals surface area contributed by atoms with Gasteiger partial charge in [0.1, 0.15) is 5.54 Å².